The number of nitrogens with zero attached hydrogens (tertiary/aromatic N) is 1. The molecule has 0 atom stereocenters. The first kappa shape index (κ1) is 15.4. The standard InChI is InChI=1S/C21H17NO3/c1-24-16-10-11-18-20(12-16)22-19-5-3-2-4-17(19)21(18)25-15-8-6-14(13-23)7-9-15/h2-12,23H,13H2,1H3. The molecule has 0 aliphatic rings. The van der Waals surface area contributed by atoms with Crippen LogP contribution in [0, 0.1) is 0 Å². The van der Waals surface area contributed by atoms with Gasteiger partial charge in [-0.1, -0.05) is 24.3 Å². The van der Waals surface area contributed by atoms with E-state index in [1.54, 1.807) is 7.11 Å². The van der Waals surface area contributed by atoms with E-state index in [-0.39, 0.29) is 6.61 Å². The van der Waals surface area contributed by atoms with E-state index >= 15 is 0 Å². The number of rotatable bonds is 4. The summed E-state index contributed by atoms with van der Waals surface area (Å²) in [5, 5.41) is 11.1. The molecule has 1 N–H and O–H groups in total. The number of fused-ring (bicyclic) bond motifs is 2. The molecule has 0 aliphatic heterocycles. The van der Waals surface area contributed by atoms with Crippen LogP contribution in [0.1, 0.15) is 5.56 Å². The highest BCUT2D eigenvalue weighted by atomic mass is 16.5. The molecule has 1 aromatic heterocycles. The first-order valence-electron chi connectivity index (χ1n) is 8.02. The normalized spacial score (nSPS) is 11.0. The summed E-state index contributed by atoms with van der Waals surface area (Å²) in [7, 11) is 1.64. The fourth-order valence-corrected chi connectivity index (χ4v) is 2.85. The van der Waals surface area contributed by atoms with E-state index in [4.69, 9.17) is 14.5 Å². The van der Waals surface area contributed by atoms with Crippen molar-refractivity contribution in [3.8, 4) is 17.2 Å². The van der Waals surface area contributed by atoms with E-state index in [1.165, 1.54) is 0 Å². The average Bonchev–Trinajstić information content (AvgIpc) is 2.67. The minimum absolute atomic E-state index is 0.0151. The van der Waals surface area contributed by atoms with Gasteiger partial charge >= 0.3 is 0 Å². The molecular formula is C21H17NO3. The van der Waals surface area contributed by atoms with E-state index < -0.39 is 0 Å². The highest BCUT2D eigenvalue weighted by molar-refractivity contribution is 6.01. The van der Waals surface area contributed by atoms with Crippen molar-refractivity contribution in [3.63, 3.8) is 0 Å². The maximum Gasteiger partial charge on any atom is 0.146 e. The van der Waals surface area contributed by atoms with E-state index in [1.807, 2.05) is 66.7 Å². The molecule has 4 aromatic rings. The lowest BCUT2D eigenvalue weighted by Crippen LogP contribution is -1.92. The number of methoxy groups -OCH3 is 1. The molecule has 0 saturated carbocycles. The second-order valence-corrected chi connectivity index (χ2v) is 5.75. The smallest absolute Gasteiger partial charge is 0.146 e. The van der Waals surface area contributed by atoms with Gasteiger partial charge in [0.15, 0.2) is 0 Å². The fraction of sp³-hybridized carbons (Fsp3) is 0.0952. The number of aromatic nitrogens is 1. The number of ether oxygens (including phenoxy) is 2. The minimum atomic E-state index is 0.0151. The van der Waals surface area contributed by atoms with Crippen molar-refractivity contribution in [1.29, 1.82) is 0 Å². The zero-order valence-corrected chi connectivity index (χ0v) is 13.8. The quantitative estimate of drug-likeness (QED) is 0.552. The maximum atomic E-state index is 9.19. The highest BCUT2D eigenvalue weighted by Crippen LogP contribution is 2.37. The molecule has 0 bridgehead atoms. The van der Waals surface area contributed by atoms with Crippen molar-refractivity contribution in [1.82, 2.24) is 4.98 Å². The second-order valence-electron chi connectivity index (χ2n) is 5.75. The van der Waals surface area contributed by atoms with E-state index in [0.717, 1.165) is 38.9 Å². The molecule has 4 nitrogen and oxygen atoms in total. The monoisotopic (exact) mass is 331 g/mol. The number of aliphatic hydroxyl groups excluding tert-OH is 1. The van der Waals surface area contributed by atoms with E-state index in [0.29, 0.717) is 5.75 Å². The SMILES string of the molecule is COc1ccc2c(Oc3ccc(CO)cc3)c3ccccc3nc2c1. The predicted molar refractivity (Wildman–Crippen MR) is 98.2 cm³/mol. The zero-order chi connectivity index (χ0) is 17.2. The molecule has 0 spiro atoms. The van der Waals surface area contributed by atoms with Gasteiger partial charge in [-0.15, -0.1) is 0 Å². The number of benzene rings is 3. The molecule has 0 amide bonds. The van der Waals surface area contributed by atoms with Crippen LogP contribution in [0.25, 0.3) is 21.8 Å². The maximum absolute atomic E-state index is 9.19. The molecule has 0 fully saturated rings. The summed E-state index contributed by atoms with van der Waals surface area (Å²) in [6.45, 7) is 0.0151. The number of aliphatic hydroxyl groups is 1. The number of para-hydroxylation sites is 1. The Bertz CT molecular complexity index is 1040. The van der Waals surface area contributed by atoms with Crippen LogP contribution in [0.3, 0.4) is 0 Å². The average molecular weight is 331 g/mol. The molecule has 1 heterocycles. The minimum Gasteiger partial charge on any atom is -0.497 e. The van der Waals surface area contributed by atoms with Crippen LogP contribution in [0.5, 0.6) is 17.2 Å². The van der Waals surface area contributed by atoms with Gasteiger partial charge in [-0.3, -0.25) is 0 Å². The third kappa shape index (κ3) is 2.88. The zero-order valence-electron chi connectivity index (χ0n) is 13.8. The molecule has 4 rings (SSSR count). The largest absolute Gasteiger partial charge is 0.497 e. The molecule has 0 aliphatic carbocycles. The van der Waals surface area contributed by atoms with Gasteiger partial charge in [-0.25, -0.2) is 4.98 Å². The molecular weight excluding hydrogens is 314 g/mol. The van der Waals surface area contributed by atoms with Crippen molar-refractivity contribution in [2.75, 3.05) is 7.11 Å². The molecule has 4 heteroatoms. The molecule has 0 unspecified atom stereocenters. The van der Waals surface area contributed by atoms with E-state index in [9.17, 15) is 5.11 Å². The van der Waals surface area contributed by atoms with E-state index in [2.05, 4.69) is 0 Å². The predicted octanol–water partition coefficient (Wildman–Crippen LogP) is 4.68. The number of hydrogen-bond donors (Lipinski definition) is 1. The summed E-state index contributed by atoms with van der Waals surface area (Å²) in [6.07, 6.45) is 0. The first-order chi connectivity index (χ1) is 12.3. The fourth-order valence-electron chi connectivity index (χ4n) is 2.85. The summed E-state index contributed by atoms with van der Waals surface area (Å²) in [6, 6.07) is 21.1. The van der Waals surface area contributed by atoms with Crippen LogP contribution in [0.4, 0.5) is 0 Å². The number of hydrogen-bond acceptors (Lipinski definition) is 4. The molecule has 25 heavy (non-hydrogen) atoms. The Morgan fingerprint density at radius 3 is 2.32 bits per heavy atom. The van der Waals surface area contributed by atoms with Crippen LogP contribution in [0.2, 0.25) is 0 Å². The third-order valence-electron chi connectivity index (χ3n) is 4.16. The van der Waals surface area contributed by atoms with Crippen molar-refractivity contribution >= 4 is 21.8 Å². The first-order valence-corrected chi connectivity index (χ1v) is 8.02. The third-order valence-corrected chi connectivity index (χ3v) is 4.16. The number of pyridine rings is 1. The van der Waals surface area contributed by atoms with Crippen molar-refractivity contribution in [3.05, 3.63) is 72.3 Å². The summed E-state index contributed by atoms with van der Waals surface area (Å²) >= 11 is 0. The van der Waals surface area contributed by atoms with Crippen molar-refractivity contribution in [2.45, 2.75) is 6.61 Å². The molecule has 0 saturated heterocycles. The lowest BCUT2D eigenvalue weighted by molar-refractivity contribution is 0.281. The van der Waals surface area contributed by atoms with Gasteiger partial charge in [0.05, 0.1) is 24.8 Å². The van der Waals surface area contributed by atoms with Crippen LogP contribution < -0.4 is 9.47 Å². The Balaban J connectivity index is 1.91. The lowest BCUT2D eigenvalue weighted by atomic mass is 10.1. The van der Waals surface area contributed by atoms with Gasteiger partial charge in [0.25, 0.3) is 0 Å². The van der Waals surface area contributed by atoms with Crippen LogP contribution in [0.15, 0.2) is 66.7 Å². The molecule has 3 aromatic carbocycles. The van der Waals surface area contributed by atoms with Gasteiger partial charge in [0.1, 0.15) is 17.2 Å². The topological polar surface area (TPSA) is 51.6 Å². The summed E-state index contributed by atoms with van der Waals surface area (Å²) in [5.74, 6) is 2.24. The molecule has 0 radical (unpaired) electrons. The Kier molecular flexibility index (Phi) is 3.96. The van der Waals surface area contributed by atoms with Crippen molar-refractivity contribution in [2.24, 2.45) is 0 Å². The Labute approximate surface area is 145 Å². The van der Waals surface area contributed by atoms with Gasteiger partial charge in [-0.2, -0.15) is 0 Å². The summed E-state index contributed by atoms with van der Waals surface area (Å²) in [5.41, 5.74) is 2.53. The van der Waals surface area contributed by atoms with Crippen LogP contribution in [-0.4, -0.2) is 17.2 Å². The van der Waals surface area contributed by atoms with Gasteiger partial charge < -0.3 is 14.6 Å². The van der Waals surface area contributed by atoms with Gasteiger partial charge in [-0.05, 0) is 42.0 Å². The van der Waals surface area contributed by atoms with Crippen LogP contribution in [-0.2, 0) is 6.61 Å². The summed E-state index contributed by atoms with van der Waals surface area (Å²) in [4.78, 5) is 4.72. The Morgan fingerprint density at radius 1 is 0.840 bits per heavy atom. The lowest BCUT2D eigenvalue weighted by Gasteiger charge is -2.13. The van der Waals surface area contributed by atoms with Gasteiger partial charge in [0, 0.05) is 16.8 Å². The Hall–Kier alpha value is -3.11. The highest BCUT2D eigenvalue weighted by Gasteiger charge is 2.12. The van der Waals surface area contributed by atoms with Crippen LogP contribution >= 0.6 is 0 Å². The second kappa shape index (κ2) is 6.42. The summed E-state index contributed by atoms with van der Waals surface area (Å²) < 4.78 is 11.5. The van der Waals surface area contributed by atoms with Gasteiger partial charge in [0.2, 0.25) is 0 Å². The molecule has 124 valence electrons. The van der Waals surface area contributed by atoms with Crippen molar-refractivity contribution < 1.29 is 14.6 Å². The Morgan fingerprint density at radius 2 is 1.56 bits per heavy atom.